The Morgan fingerprint density at radius 2 is 2.17 bits per heavy atom. The molecule has 2 aromatic rings. The molecule has 0 spiro atoms. The third-order valence-corrected chi connectivity index (χ3v) is 3.44. The molecule has 0 amide bonds. The average Bonchev–Trinajstić information content (AvgIpc) is 2.55. The summed E-state index contributed by atoms with van der Waals surface area (Å²) < 4.78 is 6.87. The Morgan fingerprint density at radius 3 is 2.83 bits per heavy atom. The second-order valence-electron chi connectivity index (χ2n) is 4.94. The highest BCUT2D eigenvalue weighted by molar-refractivity contribution is 5.93. The number of ether oxygens (including phenoxy) is 1. The Kier molecular flexibility index (Phi) is 5.67. The zero-order chi connectivity index (χ0) is 16.8. The van der Waals surface area contributed by atoms with Crippen molar-refractivity contribution in [3.05, 3.63) is 51.8 Å². The van der Waals surface area contributed by atoms with Gasteiger partial charge in [0.2, 0.25) is 5.43 Å². The highest BCUT2D eigenvalue weighted by atomic mass is 16.5. The number of fused-ring (bicyclic) bond motifs is 1. The summed E-state index contributed by atoms with van der Waals surface area (Å²) in [4.78, 5) is 23.6. The molecule has 1 aromatic carbocycles. The lowest BCUT2D eigenvalue weighted by atomic mass is 10.1. The number of rotatable bonds is 7. The van der Waals surface area contributed by atoms with Gasteiger partial charge in [-0.25, -0.2) is 4.79 Å². The molecule has 0 aliphatic heterocycles. The molecular formula is C17H19NO5. The van der Waals surface area contributed by atoms with Crippen molar-refractivity contribution < 1.29 is 19.7 Å². The fraction of sp³-hybridized carbons (Fsp3) is 0.294. The van der Waals surface area contributed by atoms with Gasteiger partial charge < -0.3 is 19.5 Å². The first-order valence-corrected chi connectivity index (χ1v) is 7.34. The number of carboxylic acids is 1. The Morgan fingerprint density at radius 1 is 1.39 bits per heavy atom. The van der Waals surface area contributed by atoms with Crippen LogP contribution in [0.2, 0.25) is 0 Å². The van der Waals surface area contributed by atoms with E-state index in [0.29, 0.717) is 24.1 Å². The minimum absolute atomic E-state index is 0.0294. The summed E-state index contributed by atoms with van der Waals surface area (Å²) in [5.41, 5.74) is 0.777. The number of hydrogen-bond acceptors (Lipinski definition) is 4. The summed E-state index contributed by atoms with van der Waals surface area (Å²) in [6.07, 6.45) is 4.95. The van der Waals surface area contributed by atoms with E-state index in [1.165, 1.54) is 6.20 Å². The number of aromatic carboxylic acids is 1. The SMILES string of the molecule is CCn1cc(C(=O)O)c(=O)c2cc(C=CCOCCO)ccc21. The van der Waals surface area contributed by atoms with Gasteiger partial charge in [0.05, 0.1) is 25.3 Å². The molecule has 0 saturated heterocycles. The predicted octanol–water partition coefficient (Wildman–Crippen LogP) is 1.74. The van der Waals surface area contributed by atoms with E-state index in [0.717, 1.165) is 5.56 Å². The Bertz CT molecular complexity index is 791. The van der Waals surface area contributed by atoms with Crippen LogP contribution in [-0.2, 0) is 11.3 Å². The minimum Gasteiger partial charge on any atom is -0.477 e. The molecule has 1 aromatic heterocycles. The zero-order valence-corrected chi connectivity index (χ0v) is 12.9. The normalized spacial score (nSPS) is 11.4. The van der Waals surface area contributed by atoms with E-state index < -0.39 is 11.4 Å². The van der Waals surface area contributed by atoms with E-state index in [-0.39, 0.29) is 18.8 Å². The lowest BCUT2D eigenvalue weighted by Gasteiger charge is -2.10. The zero-order valence-electron chi connectivity index (χ0n) is 12.9. The third kappa shape index (κ3) is 3.85. The summed E-state index contributed by atoms with van der Waals surface area (Å²) in [6, 6.07) is 5.34. The predicted molar refractivity (Wildman–Crippen MR) is 87.8 cm³/mol. The molecule has 0 bridgehead atoms. The van der Waals surface area contributed by atoms with Crippen LogP contribution in [0.15, 0.2) is 35.3 Å². The lowest BCUT2D eigenvalue weighted by molar-refractivity contribution is 0.0695. The van der Waals surface area contributed by atoms with E-state index in [2.05, 4.69) is 0 Å². The molecule has 2 N–H and O–H groups in total. The molecular weight excluding hydrogens is 298 g/mol. The van der Waals surface area contributed by atoms with Gasteiger partial charge in [-0.15, -0.1) is 0 Å². The van der Waals surface area contributed by atoms with Crippen molar-refractivity contribution in [2.75, 3.05) is 19.8 Å². The molecule has 0 fully saturated rings. The third-order valence-electron chi connectivity index (χ3n) is 3.44. The monoisotopic (exact) mass is 317 g/mol. The standard InChI is InChI=1S/C17H19NO5/c1-2-18-11-14(17(21)22)16(20)13-10-12(5-6-15(13)18)4-3-8-23-9-7-19/h3-6,10-11,19H,2,7-9H2,1H3,(H,21,22). The van der Waals surface area contributed by atoms with Crippen LogP contribution in [-0.4, -0.2) is 40.6 Å². The molecule has 2 rings (SSSR count). The number of carboxylic acid groups (broad SMARTS) is 1. The van der Waals surface area contributed by atoms with Gasteiger partial charge >= 0.3 is 5.97 Å². The molecule has 6 nitrogen and oxygen atoms in total. The summed E-state index contributed by atoms with van der Waals surface area (Å²) in [5.74, 6) is -1.22. The minimum atomic E-state index is -1.22. The maximum Gasteiger partial charge on any atom is 0.341 e. The maximum atomic E-state index is 12.3. The molecule has 0 unspecified atom stereocenters. The summed E-state index contributed by atoms with van der Waals surface area (Å²) >= 11 is 0. The van der Waals surface area contributed by atoms with Crippen molar-refractivity contribution >= 4 is 22.9 Å². The van der Waals surface area contributed by atoms with Gasteiger partial charge in [-0.1, -0.05) is 18.2 Å². The number of aliphatic hydroxyl groups is 1. The highest BCUT2D eigenvalue weighted by Crippen LogP contribution is 2.15. The molecule has 0 aliphatic rings. The molecule has 23 heavy (non-hydrogen) atoms. The van der Waals surface area contributed by atoms with Gasteiger partial charge in [-0.2, -0.15) is 0 Å². The van der Waals surface area contributed by atoms with Crippen LogP contribution in [0.4, 0.5) is 0 Å². The highest BCUT2D eigenvalue weighted by Gasteiger charge is 2.13. The van der Waals surface area contributed by atoms with Crippen molar-refractivity contribution in [2.24, 2.45) is 0 Å². The molecule has 0 aliphatic carbocycles. The van der Waals surface area contributed by atoms with Crippen LogP contribution in [0.5, 0.6) is 0 Å². The van der Waals surface area contributed by atoms with Crippen LogP contribution in [0.25, 0.3) is 17.0 Å². The largest absolute Gasteiger partial charge is 0.477 e. The van der Waals surface area contributed by atoms with Crippen molar-refractivity contribution in [3.8, 4) is 0 Å². The van der Waals surface area contributed by atoms with Gasteiger partial charge in [-0.05, 0) is 24.6 Å². The van der Waals surface area contributed by atoms with Crippen LogP contribution in [0.1, 0.15) is 22.8 Å². The number of hydrogen-bond donors (Lipinski definition) is 2. The molecule has 1 heterocycles. The van der Waals surface area contributed by atoms with Crippen molar-refractivity contribution in [3.63, 3.8) is 0 Å². The van der Waals surface area contributed by atoms with Gasteiger partial charge in [0.15, 0.2) is 0 Å². The molecule has 0 radical (unpaired) electrons. The van der Waals surface area contributed by atoms with E-state index in [1.807, 2.05) is 13.0 Å². The number of carbonyl (C=O) groups is 1. The number of benzene rings is 1. The van der Waals surface area contributed by atoms with Crippen molar-refractivity contribution in [2.45, 2.75) is 13.5 Å². The summed E-state index contributed by atoms with van der Waals surface area (Å²) in [6.45, 7) is 3.06. The quantitative estimate of drug-likeness (QED) is 0.759. The maximum absolute atomic E-state index is 12.3. The molecule has 122 valence electrons. The molecule has 0 atom stereocenters. The van der Waals surface area contributed by atoms with Crippen molar-refractivity contribution in [1.82, 2.24) is 4.57 Å². The fourth-order valence-corrected chi connectivity index (χ4v) is 2.33. The van der Waals surface area contributed by atoms with E-state index in [9.17, 15) is 14.7 Å². The van der Waals surface area contributed by atoms with Crippen LogP contribution >= 0.6 is 0 Å². The number of pyridine rings is 1. The first-order valence-electron chi connectivity index (χ1n) is 7.34. The lowest BCUT2D eigenvalue weighted by Crippen LogP contribution is -2.18. The number of aromatic nitrogens is 1. The first kappa shape index (κ1) is 16.9. The van der Waals surface area contributed by atoms with Gasteiger partial charge in [0.25, 0.3) is 0 Å². The van der Waals surface area contributed by atoms with Gasteiger partial charge in [-0.3, -0.25) is 4.79 Å². The van der Waals surface area contributed by atoms with Crippen LogP contribution in [0.3, 0.4) is 0 Å². The Labute approximate surface area is 133 Å². The summed E-state index contributed by atoms with van der Waals surface area (Å²) in [7, 11) is 0. The Balaban J connectivity index is 2.43. The molecule has 6 heteroatoms. The van der Waals surface area contributed by atoms with Crippen molar-refractivity contribution in [1.29, 1.82) is 0 Å². The topological polar surface area (TPSA) is 88.8 Å². The number of nitrogens with zero attached hydrogens (tertiary/aromatic N) is 1. The first-order chi connectivity index (χ1) is 11.1. The smallest absolute Gasteiger partial charge is 0.341 e. The second kappa shape index (κ2) is 7.71. The summed E-state index contributed by atoms with van der Waals surface area (Å²) in [5, 5.41) is 18.2. The number of aryl methyl sites for hydroxylation is 1. The van der Waals surface area contributed by atoms with E-state index in [1.54, 1.807) is 28.9 Å². The fourth-order valence-electron chi connectivity index (χ4n) is 2.33. The Hall–Kier alpha value is -2.44. The van der Waals surface area contributed by atoms with E-state index in [4.69, 9.17) is 9.84 Å². The average molecular weight is 317 g/mol. The van der Waals surface area contributed by atoms with Gasteiger partial charge in [0, 0.05) is 18.1 Å². The van der Waals surface area contributed by atoms with Crippen LogP contribution in [0, 0.1) is 0 Å². The molecule has 0 saturated carbocycles. The van der Waals surface area contributed by atoms with Gasteiger partial charge in [0.1, 0.15) is 5.56 Å². The number of aliphatic hydroxyl groups excluding tert-OH is 1. The van der Waals surface area contributed by atoms with E-state index >= 15 is 0 Å². The second-order valence-corrected chi connectivity index (χ2v) is 4.94. The van der Waals surface area contributed by atoms with Crippen LogP contribution < -0.4 is 5.43 Å².